The molecule has 32 valence electrons. The molecule has 0 aliphatic heterocycles. The fourth-order valence-electron chi connectivity index (χ4n) is 0. The van der Waals surface area contributed by atoms with Crippen molar-refractivity contribution in [2.75, 3.05) is 0 Å². The summed E-state index contributed by atoms with van der Waals surface area (Å²) in [5.41, 5.74) is 0. The van der Waals surface area contributed by atoms with Crippen LogP contribution in [0.2, 0.25) is 0 Å². The maximum absolute atomic E-state index is 7.32. The van der Waals surface area contributed by atoms with Crippen molar-refractivity contribution < 1.29 is 40.5 Å². The smallest absolute Gasteiger partial charge is 0.870 e. The van der Waals surface area contributed by atoms with Gasteiger partial charge in [0.05, 0.1) is 6.07 Å². The van der Waals surface area contributed by atoms with Crippen molar-refractivity contribution in [3.63, 3.8) is 0 Å². The molecule has 4 heteroatoms. The predicted molar refractivity (Wildman–Crippen MR) is 16.8 cm³/mol. The molecule has 0 atom stereocenters. The van der Waals surface area contributed by atoms with Crippen LogP contribution in [-0.4, -0.2) is 11.0 Å². The SMILES string of the molecule is CC#N.O.[Na+].[OH-]. The number of nitrogens with zero attached hydrogens (tertiary/aromatic N) is 1. The van der Waals surface area contributed by atoms with E-state index in [1.807, 2.05) is 0 Å². The van der Waals surface area contributed by atoms with Crippen LogP contribution in [0.3, 0.4) is 0 Å². The number of hydrogen-bond donors (Lipinski definition) is 0. The molecule has 0 saturated carbocycles. The van der Waals surface area contributed by atoms with E-state index in [0.29, 0.717) is 0 Å². The monoisotopic (exact) mass is 99.0 g/mol. The van der Waals surface area contributed by atoms with Crippen LogP contribution in [0.5, 0.6) is 0 Å². The summed E-state index contributed by atoms with van der Waals surface area (Å²) >= 11 is 0. The number of nitriles is 1. The normalized spacial score (nSPS) is 1.33. The molecule has 0 spiro atoms. The Hall–Kier alpha value is 0.410. The predicted octanol–water partition coefficient (Wildman–Crippen LogP) is -3.47. The molecule has 0 amide bonds. The van der Waals surface area contributed by atoms with Crippen LogP contribution in [0.4, 0.5) is 0 Å². The second kappa shape index (κ2) is 52.9. The minimum atomic E-state index is 0. The van der Waals surface area contributed by atoms with Gasteiger partial charge in [0.2, 0.25) is 0 Å². The Balaban J connectivity index is -0.00000000667. The van der Waals surface area contributed by atoms with E-state index >= 15 is 0 Å². The van der Waals surface area contributed by atoms with Crippen LogP contribution < -0.4 is 29.6 Å². The minimum absolute atomic E-state index is 0. The minimum Gasteiger partial charge on any atom is -0.870 e. The van der Waals surface area contributed by atoms with Crippen LogP contribution in [-0.2, 0) is 0 Å². The summed E-state index contributed by atoms with van der Waals surface area (Å²) in [4.78, 5) is 0. The third-order valence-electron chi connectivity index (χ3n) is 0. The molecule has 0 radical (unpaired) electrons. The van der Waals surface area contributed by atoms with Crippen LogP contribution in [0, 0.1) is 11.3 Å². The van der Waals surface area contributed by atoms with E-state index in [-0.39, 0.29) is 40.5 Å². The summed E-state index contributed by atoms with van der Waals surface area (Å²) in [5, 5.41) is 7.32. The molecule has 0 unspecified atom stereocenters. The van der Waals surface area contributed by atoms with Gasteiger partial charge < -0.3 is 11.0 Å². The Morgan fingerprint density at radius 2 is 1.50 bits per heavy atom. The van der Waals surface area contributed by atoms with Crippen molar-refractivity contribution in [2.24, 2.45) is 0 Å². The molecule has 0 aliphatic rings. The first kappa shape index (κ1) is 32.3. The summed E-state index contributed by atoms with van der Waals surface area (Å²) < 4.78 is 0. The fourth-order valence-corrected chi connectivity index (χ4v) is 0. The quantitative estimate of drug-likeness (QED) is 0.295. The molecule has 0 aliphatic carbocycles. The standard InChI is InChI=1S/C2H3N.Na.2H2O/c1-2-3;;;/h1H3;;2*1H2/q;+1;;/p-1. The van der Waals surface area contributed by atoms with E-state index in [2.05, 4.69) is 0 Å². The van der Waals surface area contributed by atoms with Gasteiger partial charge >= 0.3 is 29.6 Å². The Kier molecular flexibility index (Phi) is 285. The maximum Gasteiger partial charge on any atom is 1.00 e. The zero-order chi connectivity index (χ0) is 2.71. The molecule has 0 bridgehead atoms. The van der Waals surface area contributed by atoms with Gasteiger partial charge in [0.1, 0.15) is 0 Å². The van der Waals surface area contributed by atoms with Gasteiger partial charge in [-0.25, -0.2) is 0 Å². The third-order valence-corrected chi connectivity index (χ3v) is 0. The maximum atomic E-state index is 7.32. The van der Waals surface area contributed by atoms with Gasteiger partial charge in [-0.15, -0.1) is 0 Å². The molecule has 0 aromatic rings. The van der Waals surface area contributed by atoms with Crippen molar-refractivity contribution in [3.8, 4) is 6.07 Å². The van der Waals surface area contributed by atoms with Crippen molar-refractivity contribution in [1.29, 1.82) is 5.26 Å². The van der Waals surface area contributed by atoms with Gasteiger partial charge in [-0.1, -0.05) is 0 Å². The van der Waals surface area contributed by atoms with E-state index in [4.69, 9.17) is 5.26 Å². The van der Waals surface area contributed by atoms with Gasteiger partial charge in [0, 0.05) is 6.92 Å². The van der Waals surface area contributed by atoms with E-state index in [1.165, 1.54) is 6.92 Å². The number of rotatable bonds is 0. The summed E-state index contributed by atoms with van der Waals surface area (Å²) in [6.45, 7) is 1.43. The first-order valence-corrected chi connectivity index (χ1v) is 0.724. The molecule has 0 rings (SSSR count). The topological polar surface area (TPSA) is 85.3 Å². The summed E-state index contributed by atoms with van der Waals surface area (Å²) in [5.74, 6) is 0. The van der Waals surface area contributed by atoms with E-state index in [0.717, 1.165) is 0 Å². The van der Waals surface area contributed by atoms with Crippen LogP contribution in [0.25, 0.3) is 0 Å². The number of hydrogen-bond acceptors (Lipinski definition) is 2. The second-order valence-electron chi connectivity index (χ2n) is 0.224. The summed E-state index contributed by atoms with van der Waals surface area (Å²) in [6, 6.07) is 1.75. The Labute approximate surface area is 58.9 Å². The second-order valence-corrected chi connectivity index (χ2v) is 0.224. The van der Waals surface area contributed by atoms with Crippen molar-refractivity contribution in [1.82, 2.24) is 0 Å². The van der Waals surface area contributed by atoms with Gasteiger partial charge in [-0.3, -0.25) is 0 Å². The third kappa shape index (κ3) is 305. The zero-order valence-electron chi connectivity index (χ0n) is 3.89. The molecule has 6 heavy (non-hydrogen) atoms. The van der Waals surface area contributed by atoms with Gasteiger partial charge in [0.25, 0.3) is 0 Å². The first-order valence-electron chi connectivity index (χ1n) is 0.724. The molecule has 3 N–H and O–H groups in total. The van der Waals surface area contributed by atoms with Crippen LogP contribution in [0.15, 0.2) is 0 Å². The molecule has 0 saturated heterocycles. The van der Waals surface area contributed by atoms with Crippen LogP contribution >= 0.6 is 0 Å². The van der Waals surface area contributed by atoms with E-state index in [1.54, 1.807) is 6.07 Å². The average Bonchev–Trinajstić information content (AvgIpc) is 0.918. The van der Waals surface area contributed by atoms with Gasteiger partial charge in [-0.2, -0.15) is 5.26 Å². The first-order chi connectivity index (χ1) is 1.41. The van der Waals surface area contributed by atoms with Crippen LogP contribution in [0.1, 0.15) is 6.92 Å². The Bertz CT molecular complexity index is 33.0. The Morgan fingerprint density at radius 3 is 1.50 bits per heavy atom. The fraction of sp³-hybridized carbons (Fsp3) is 0.500. The summed E-state index contributed by atoms with van der Waals surface area (Å²) in [7, 11) is 0. The molecular formula is C2H6NNaO2. The molecule has 0 heterocycles. The van der Waals surface area contributed by atoms with E-state index in [9.17, 15) is 0 Å². The van der Waals surface area contributed by atoms with Gasteiger partial charge in [-0.05, 0) is 0 Å². The van der Waals surface area contributed by atoms with E-state index < -0.39 is 0 Å². The largest absolute Gasteiger partial charge is 1.00 e. The Morgan fingerprint density at radius 1 is 1.50 bits per heavy atom. The molecule has 3 nitrogen and oxygen atoms in total. The summed E-state index contributed by atoms with van der Waals surface area (Å²) in [6.07, 6.45) is 0. The van der Waals surface area contributed by atoms with Crippen molar-refractivity contribution in [2.45, 2.75) is 6.92 Å². The zero-order valence-corrected chi connectivity index (χ0v) is 5.89. The van der Waals surface area contributed by atoms with Gasteiger partial charge in [0.15, 0.2) is 0 Å². The molecule has 0 aromatic heterocycles. The molecule has 0 aromatic carbocycles. The molecular weight excluding hydrogens is 93.0 g/mol. The average molecular weight is 99.1 g/mol. The molecule has 0 fully saturated rings. The van der Waals surface area contributed by atoms with Crippen molar-refractivity contribution >= 4 is 0 Å². The van der Waals surface area contributed by atoms with Crippen molar-refractivity contribution in [3.05, 3.63) is 0 Å².